The lowest BCUT2D eigenvalue weighted by Crippen LogP contribution is -2.40. The maximum Gasteiger partial charge on any atom is 0.254 e. The van der Waals surface area contributed by atoms with Crippen LogP contribution in [0.25, 0.3) is 11.5 Å². The van der Waals surface area contributed by atoms with Crippen molar-refractivity contribution in [3.8, 4) is 11.5 Å². The monoisotopic (exact) mass is 325 g/mol. The van der Waals surface area contributed by atoms with Crippen molar-refractivity contribution in [1.82, 2.24) is 24.8 Å². The number of carbonyl (C=O) groups excluding carboxylic acids is 1. The van der Waals surface area contributed by atoms with Crippen LogP contribution in [0.5, 0.6) is 0 Å². The molecule has 4 rings (SSSR count). The number of aromatic nitrogens is 4. The lowest BCUT2D eigenvalue weighted by atomic mass is 10.1. The van der Waals surface area contributed by atoms with E-state index in [1.165, 1.54) is 0 Å². The molecule has 7 nitrogen and oxygen atoms in total. The van der Waals surface area contributed by atoms with Crippen molar-refractivity contribution < 1.29 is 4.79 Å². The maximum atomic E-state index is 12.4. The first-order valence-corrected chi connectivity index (χ1v) is 8.23. The number of amides is 1. The number of nitrogens with zero attached hydrogens (tertiary/aromatic N) is 4. The van der Waals surface area contributed by atoms with Gasteiger partial charge in [-0.3, -0.25) is 14.6 Å². The minimum Gasteiger partial charge on any atom is -0.336 e. The third-order valence-electron chi connectivity index (χ3n) is 4.84. The van der Waals surface area contributed by atoms with Crippen LogP contribution in [-0.2, 0) is 17.8 Å². The summed E-state index contributed by atoms with van der Waals surface area (Å²) in [4.78, 5) is 42.4. The van der Waals surface area contributed by atoms with Gasteiger partial charge in [0, 0.05) is 24.2 Å². The Labute approximate surface area is 139 Å². The van der Waals surface area contributed by atoms with Crippen LogP contribution in [0.4, 0.5) is 0 Å². The molecule has 2 aliphatic rings. The fourth-order valence-electron chi connectivity index (χ4n) is 3.16. The highest BCUT2D eigenvalue weighted by atomic mass is 16.2. The predicted octanol–water partition coefficient (Wildman–Crippen LogP) is 1.08. The number of hydrogen-bond donors (Lipinski definition) is 1. The molecule has 1 fully saturated rings. The van der Waals surface area contributed by atoms with Gasteiger partial charge in [0.05, 0.1) is 24.1 Å². The average Bonchev–Trinajstić information content (AvgIpc) is 3.31. The van der Waals surface area contributed by atoms with Crippen molar-refractivity contribution in [2.45, 2.75) is 33.2 Å². The van der Waals surface area contributed by atoms with E-state index in [1.807, 2.05) is 11.8 Å². The van der Waals surface area contributed by atoms with E-state index < -0.39 is 0 Å². The SMILES string of the molecule is Cc1cnc(-c2nc3c(c(=O)[nH]2)CCN(C(=O)C2CC2C)C3)cn1. The summed E-state index contributed by atoms with van der Waals surface area (Å²) >= 11 is 0. The summed E-state index contributed by atoms with van der Waals surface area (Å²) in [5.74, 6) is 1.22. The number of aromatic amines is 1. The largest absolute Gasteiger partial charge is 0.336 e. The molecule has 1 aliphatic carbocycles. The van der Waals surface area contributed by atoms with Crippen molar-refractivity contribution in [1.29, 1.82) is 0 Å². The molecule has 24 heavy (non-hydrogen) atoms. The third-order valence-corrected chi connectivity index (χ3v) is 4.84. The van der Waals surface area contributed by atoms with Gasteiger partial charge < -0.3 is 9.88 Å². The fraction of sp³-hybridized carbons (Fsp3) is 0.471. The van der Waals surface area contributed by atoms with Gasteiger partial charge in [-0.2, -0.15) is 0 Å². The van der Waals surface area contributed by atoms with Crippen LogP contribution in [0, 0.1) is 18.8 Å². The van der Waals surface area contributed by atoms with Crippen molar-refractivity contribution in [2.24, 2.45) is 11.8 Å². The van der Waals surface area contributed by atoms with Crippen LogP contribution in [0.1, 0.15) is 30.3 Å². The van der Waals surface area contributed by atoms with Gasteiger partial charge in [0.2, 0.25) is 5.91 Å². The molecule has 2 unspecified atom stereocenters. The molecule has 0 bridgehead atoms. The van der Waals surface area contributed by atoms with Crippen LogP contribution in [-0.4, -0.2) is 37.3 Å². The molecule has 1 amide bonds. The zero-order chi connectivity index (χ0) is 16.8. The van der Waals surface area contributed by atoms with Crippen molar-refractivity contribution in [2.75, 3.05) is 6.54 Å². The minimum absolute atomic E-state index is 0.149. The number of nitrogens with one attached hydrogen (secondary N) is 1. The van der Waals surface area contributed by atoms with Crippen LogP contribution >= 0.6 is 0 Å². The second kappa shape index (κ2) is 5.51. The molecular formula is C17H19N5O2. The fourth-order valence-corrected chi connectivity index (χ4v) is 3.16. The van der Waals surface area contributed by atoms with Crippen molar-refractivity contribution in [3.05, 3.63) is 39.7 Å². The van der Waals surface area contributed by atoms with E-state index in [4.69, 9.17) is 0 Å². The highest BCUT2D eigenvalue weighted by Gasteiger charge is 2.42. The molecule has 0 radical (unpaired) electrons. The van der Waals surface area contributed by atoms with E-state index in [2.05, 4.69) is 26.9 Å². The van der Waals surface area contributed by atoms with Crippen LogP contribution in [0.3, 0.4) is 0 Å². The molecule has 2 atom stereocenters. The van der Waals surface area contributed by atoms with Crippen LogP contribution in [0.15, 0.2) is 17.2 Å². The summed E-state index contributed by atoms with van der Waals surface area (Å²) in [6, 6.07) is 0. The Morgan fingerprint density at radius 2 is 2.12 bits per heavy atom. The Kier molecular flexibility index (Phi) is 3.44. The Bertz CT molecular complexity index is 858. The summed E-state index contributed by atoms with van der Waals surface area (Å²) in [6.45, 7) is 4.93. The lowest BCUT2D eigenvalue weighted by molar-refractivity contribution is -0.133. The molecule has 2 aromatic heterocycles. The van der Waals surface area contributed by atoms with E-state index in [1.54, 1.807) is 12.4 Å². The predicted molar refractivity (Wildman–Crippen MR) is 87.0 cm³/mol. The van der Waals surface area contributed by atoms with Crippen LogP contribution in [0.2, 0.25) is 0 Å². The second-order valence-electron chi connectivity index (χ2n) is 6.71. The highest BCUT2D eigenvalue weighted by molar-refractivity contribution is 5.81. The second-order valence-corrected chi connectivity index (χ2v) is 6.71. The number of hydrogen-bond acceptors (Lipinski definition) is 5. The van der Waals surface area contributed by atoms with Gasteiger partial charge in [0.25, 0.3) is 5.56 Å². The molecule has 7 heteroatoms. The summed E-state index contributed by atoms with van der Waals surface area (Å²) in [6.07, 6.45) is 4.75. The van der Waals surface area contributed by atoms with Gasteiger partial charge >= 0.3 is 0 Å². The van der Waals surface area contributed by atoms with E-state index in [0.29, 0.717) is 48.2 Å². The molecule has 2 aromatic rings. The molecular weight excluding hydrogens is 306 g/mol. The van der Waals surface area contributed by atoms with E-state index in [-0.39, 0.29) is 17.4 Å². The molecule has 0 spiro atoms. The first-order chi connectivity index (χ1) is 11.5. The molecule has 1 saturated carbocycles. The first kappa shape index (κ1) is 15.0. The Balaban J connectivity index is 1.65. The van der Waals surface area contributed by atoms with E-state index in [0.717, 1.165) is 12.1 Å². The standard InChI is InChI=1S/C17H19N5O2/c1-9-5-12(9)17(24)22-4-3-11-14(8-22)20-15(21-16(11)23)13-7-18-10(2)6-19-13/h6-7,9,12H,3-5,8H2,1-2H3,(H,20,21,23). The number of rotatable bonds is 2. The van der Waals surface area contributed by atoms with Gasteiger partial charge in [0.15, 0.2) is 5.82 Å². The Hall–Kier alpha value is -2.57. The highest BCUT2D eigenvalue weighted by Crippen LogP contribution is 2.39. The van der Waals surface area contributed by atoms with E-state index >= 15 is 0 Å². The topological polar surface area (TPSA) is 91.8 Å². The number of H-pyrrole nitrogens is 1. The summed E-state index contributed by atoms with van der Waals surface area (Å²) in [5.41, 5.74) is 2.52. The summed E-state index contributed by atoms with van der Waals surface area (Å²) in [5, 5.41) is 0. The number of carbonyl (C=O) groups is 1. The average molecular weight is 325 g/mol. The minimum atomic E-state index is -0.149. The molecule has 1 N–H and O–H groups in total. The summed E-state index contributed by atoms with van der Waals surface area (Å²) in [7, 11) is 0. The molecule has 0 aromatic carbocycles. The molecule has 1 aliphatic heterocycles. The summed E-state index contributed by atoms with van der Waals surface area (Å²) < 4.78 is 0. The van der Waals surface area contributed by atoms with Gasteiger partial charge in [0.1, 0.15) is 5.69 Å². The van der Waals surface area contributed by atoms with Gasteiger partial charge in [-0.25, -0.2) is 9.97 Å². The van der Waals surface area contributed by atoms with Crippen molar-refractivity contribution in [3.63, 3.8) is 0 Å². The Morgan fingerprint density at radius 1 is 1.33 bits per heavy atom. The van der Waals surface area contributed by atoms with Gasteiger partial charge in [-0.1, -0.05) is 6.92 Å². The molecule has 3 heterocycles. The quantitative estimate of drug-likeness (QED) is 0.892. The van der Waals surface area contributed by atoms with Crippen molar-refractivity contribution >= 4 is 5.91 Å². The lowest BCUT2D eigenvalue weighted by Gasteiger charge is -2.28. The Morgan fingerprint density at radius 3 is 2.79 bits per heavy atom. The zero-order valence-electron chi connectivity index (χ0n) is 13.7. The molecule has 0 saturated heterocycles. The van der Waals surface area contributed by atoms with Gasteiger partial charge in [-0.15, -0.1) is 0 Å². The smallest absolute Gasteiger partial charge is 0.254 e. The normalized spacial score (nSPS) is 22.2. The van der Waals surface area contributed by atoms with Crippen LogP contribution < -0.4 is 5.56 Å². The first-order valence-electron chi connectivity index (χ1n) is 8.23. The zero-order valence-corrected chi connectivity index (χ0v) is 13.7. The van der Waals surface area contributed by atoms with Gasteiger partial charge in [-0.05, 0) is 25.7 Å². The molecule has 124 valence electrons. The third kappa shape index (κ3) is 2.60. The van der Waals surface area contributed by atoms with E-state index in [9.17, 15) is 9.59 Å². The number of aryl methyl sites for hydroxylation is 1. The maximum absolute atomic E-state index is 12.4. The number of fused-ring (bicyclic) bond motifs is 1.